The Morgan fingerprint density at radius 3 is 2.45 bits per heavy atom. The summed E-state index contributed by atoms with van der Waals surface area (Å²) in [4.78, 5) is 12.1. The van der Waals surface area contributed by atoms with Gasteiger partial charge in [0.2, 0.25) is 0 Å². The zero-order valence-corrected chi connectivity index (χ0v) is 13.4. The van der Waals surface area contributed by atoms with Crippen LogP contribution < -0.4 is 0 Å². The zero-order chi connectivity index (χ0) is 14.6. The summed E-state index contributed by atoms with van der Waals surface area (Å²) in [5, 5.41) is 0. The molecule has 0 saturated heterocycles. The zero-order valence-electron chi connectivity index (χ0n) is 13.4. The molecule has 20 heavy (non-hydrogen) atoms. The van der Waals surface area contributed by atoms with Gasteiger partial charge in [0.25, 0.3) is 0 Å². The van der Waals surface area contributed by atoms with Gasteiger partial charge in [0.15, 0.2) is 0 Å². The van der Waals surface area contributed by atoms with E-state index in [2.05, 4.69) is 6.08 Å². The standard InChI is InChI=1S/C18H30O2/c1-4-20-17(19)18(2,3)16-12-10-15(11-13-16)14-8-6-5-7-9-14/h12,14-15H,4-11,13H2,1-3H3/t15-/m1/s1. The molecule has 0 heterocycles. The number of allylic oxidation sites excluding steroid dienone is 1. The van der Waals surface area contributed by atoms with Crippen LogP contribution in [0.25, 0.3) is 0 Å². The van der Waals surface area contributed by atoms with Crippen LogP contribution in [0.2, 0.25) is 0 Å². The van der Waals surface area contributed by atoms with Gasteiger partial charge in [-0.05, 0) is 51.9 Å². The summed E-state index contributed by atoms with van der Waals surface area (Å²) in [6.45, 7) is 6.37. The first-order valence-corrected chi connectivity index (χ1v) is 8.42. The molecule has 0 aromatic carbocycles. The molecule has 0 spiro atoms. The first kappa shape index (κ1) is 15.6. The van der Waals surface area contributed by atoms with E-state index in [-0.39, 0.29) is 5.97 Å². The van der Waals surface area contributed by atoms with Crippen molar-refractivity contribution in [3.05, 3.63) is 11.6 Å². The molecule has 0 radical (unpaired) electrons. The lowest BCUT2D eigenvalue weighted by molar-refractivity contribution is -0.151. The highest BCUT2D eigenvalue weighted by atomic mass is 16.5. The van der Waals surface area contributed by atoms with Crippen molar-refractivity contribution in [1.82, 2.24) is 0 Å². The Kier molecular flexibility index (Phi) is 5.29. The van der Waals surface area contributed by atoms with Crippen LogP contribution in [-0.4, -0.2) is 12.6 Å². The number of hydrogen-bond donors (Lipinski definition) is 0. The van der Waals surface area contributed by atoms with Crippen molar-refractivity contribution in [3.63, 3.8) is 0 Å². The van der Waals surface area contributed by atoms with Gasteiger partial charge in [-0.15, -0.1) is 0 Å². The smallest absolute Gasteiger partial charge is 0.315 e. The molecule has 2 nitrogen and oxygen atoms in total. The van der Waals surface area contributed by atoms with Crippen LogP contribution in [0.4, 0.5) is 0 Å². The lowest BCUT2D eigenvalue weighted by Crippen LogP contribution is -2.31. The summed E-state index contributed by atoms with van der Waals surface area (Å²) in [5.74, 6) is 1.73. The predicted octanol–water partition coefficient (Wildman–Crippen LogP) is 4.88. The monoisotopic (exact) mass is 278 g/mol. The van der Waals surface area contributed by atoms with E-state index in [1.54, 1.807) is 0 Å². The van der Waals surface area contributed by atoms with Crippen molar-refractivity contribution in [2.75, 3.05) is 6.61 Å². The minimum Gasteiger partial charge on any atom is -0.465 e. The average molecular weight is 278 g/mol. The molecule has 0 aliphatic heterocycles. The van der Waals surface area contributed by atoms with Gasteiger partial charge in [0.05, 0.1) is 12.0 Å². The van der Waals surface area contributed by atoms with Crippen molar-refractivity contribution in [2.24, 2.45) is 17.3 Å². The highest BCUT2D eigenvalue weighted by molar-refractivity contribution is 5.79. The molecule has 2 aliphatic carbocycles. The molecular formula is C18H30O2. The number of carbonyl (C=O) groups excluding carboxylic acids is 1. The highest BCUT2D eigenvalue weighted by Gasteiger charge is 2.36. The van der Waals surface area contributed by atoms with E-state index in [0.29, 0.717) is 6.61 Å². The molecule has 0 unspecified atom stereocenters. The van der Waals surface area contributed by atoms with E-state index in [9.17, 15) is 4.79 Å². The quantitative estimate of drug-likeness (QED) is 0.541. The van der Waals surface area contributed by atoms with Gasteiger partial charge in [-0.1, -0.05) is 43.8 Å². The van der Waals surface area contributed by atoms with Crippen LogP contribution in [0.3, 0.4) is 0 Å². The van der Waals surface area contributed by atoms with E-state index in [1.165, 1.54) is 50.5 Å². The maximum Gasteiger partial charge on any atom is 0.315 e. The molecule has 1 atom stereocenters. The Bertz CT molecular complexity index is 362. The van der Waals surface area contributed by atoms with E-state index < -0.39 is 5.41 Å². The molecule has 2 aliphatic rings. The van der Waals surface area contributed by atoms with Gasteiger partial charge in [-0.25, -0.2) is 0 Å². The molecular weight excluding hydrogens is 248 g/mol. The second-order valence-electron chi connectivity index (χ2n) is 7.01. The Morgan fingerprint density at radius 2 is 1.90 bits per heavy atom. The van der Waals surface area contributed by atoms with Crippen LogP contribution in [0, 0.1) is 17.3 Å². The van der Waals surface area contributed by atoms with Crippen LogP contribution in [0.5, 0.6) is 0 Å². The topological polar surface area (TPSA) is 26.3 Å². The summed E-state index contributed by atoms with van der Waals surface area (Å²) in [6, 6.07) is 0. The maximum absolute atomic E-state index is 12.1. The molecule has 1 fully saturated rings. The first-order valence-electron chi connectivity index (χ1n) is 8.42. The van der Waals surface area contributed by atoms with E-state index in [1.807, 2.05) is 20.8 Å². The van der Waals surface area contributed by atoms with E-state index in [4.69, 9.17) is 4.74 Å². The molecule has 0 aromatic rings. The Morgan fingerprint density at radius 1 is 1.20 bits per heavy atom. The third-order valence-corrected chi connectivity index (χ3v) is 5.36. The number of rotatable bonds is 4. The number of esters is 1. The molecule has 0 bridgehead atoms. The maximum atomic E-state index is 12.1. The predicted molar refractivity (Wildman–Crippen MR) is 82.4 cm³/mol. The number of carbonyl (C=O) groups is 1. The fourth-order valence-electron chi connectivity index (χ4n) is 3.90. The molecule has 114 valence electrons. The third kappa shape index (κ3) is 3.45. The summed E-state index contributed by atoms with van der Waals surface area (Å²) in [7, 11) is 0. The number of hydrogen-bond acceptors (Lipinski definition) is 2. The Hall–Kier alpha value is -0.790. The largest absolute Gasteiger partial charge is 0.465 e. The second-order valence-corrected chi connectivity index (χ2v) is 7.01. The minimum absolute atomic E-state index is 0.0673. The fourth-order valence-corrected chi connectivity index (χ4v) is 3.90. The first-order chi connectivity index (χ1) is 9.55. The Labute approximate surface area is 124 Å². The van der Waals surface area contributed by atoms with Crippen molar-refractivity contribution in [2.45, 2.75) is 72.1 Å². The molecule has 2 heteroatoms. The van der Waals surface area contributed by atoms with Gasteiger partial charge in [0, 0.05) is 0 Å². The molecule has 0 amide bonds. The average Bonchev–Trinajstić information content (AvgIpc) is 2.48. The third-order valence-electron chi connectivity index (χ3n) is 5.36. The van der Waals surface area contributed by atoms with Crippen molar-refractivity contribution in [3.8, 4) is 0 Å². The van der Waals surface area contributed by atoms with Gasteiger partial charge < -0.3 is 4.74 Å². The normalized spacial score (nSPS) is 25.1. The summed E-state index contributed by atoms with van der Waals surface area (Å²) < 4.78 is 5.22. The molecule has 1 saturated carbocycles. The number of ether oxygens (including phenoxy) is 1. The van der Waals surface area contributed by atoms with Crippen molar-refractivity contribution >= 4 is 5.97 Å². The van der Waals surface area contributed by atoms with E-state index in [0.717, 1.165) is 18.3 Å². The van der Waals surface area contributed by atoms with Crippen molar-refractivity contribution < 1.29 is 9.53 Å². The van der Waals surface area contributed by atoms with Crippen LogP contribution in [0.15, 0.2) is 11.6 Å². The van der Waals surface area contributed by atoms with Crippen molar-refractivity contribution in [1.29, 1.82) is 0 Å². The van der Waals surface area contributed by atoms with Gasteiger partial charge in [-0.3, -0.25) is 4.79 Å². The summed E-state index contributed by atoms with van der Waals surface area (Å²) in [6.07, 6.45) is 13.0. The van der Waals surface area contributed by atoms with Gasteiger partial charge in [-0.2, -0.15) is 0 Å². The van der Waals surface area contributed by atoms with Gasteiger partial charge in [0.1, 0.15) is 0 Å². The second kappa shape index (κ2) is 6.78. The van der Waals surface area contributed by atoms with Crippen LogP contribution in [0.1, 0.15) is 72.1 Å². The lowest BCUT2D eigenvalue weighted by Gasteiger charge is -2.35. The van der Waals surface area contributed by atoms with E-state index >= 15 is 0 Å². The summed E-state index contributed by atoms with van der Waals surface area (Å²) in [5.41, 5.74) is 0.857. The van der Waals surface area contributed by atoms with Gasteiger partial charge >= 0.3 is 5.97 Å². The molecule has 0 N–H and O–H groups in total. The fraction of sp³-hybridized carbons (Fsp3) is 0.833. The summed E-state index contributed by atoms with van der Waals surface area (Å²) >= 11 is 0. The highest BCUT2D eigenvalue weighted by Crippen LogP contribution is 2.42. The Balaban J connectivity index is 1.95. The minimum atomic E-state index is -0.437. The molecule has 2 rings (SSSR count). The lowest BCUT2D eigenvalue weighted by atomic mass is 9.70. The SMILES string of the molecule is CCOC(=O)C(C)(C)C1=CC[C@@H](C2CCCCC2)CC1. The molecule has 0 aromatic heterocycles. The van der Waals surface area contributed by atoms with Crippen LogP contribution in [-0.2, 0) is 9.53 Å². The van der Waals surface area contributed by atoms with Crippen LogP contribution >= 0.6 is 0 Å².